The highest BCUT2D eigenvalue weighted by Gasteiger charge is 2.52. The van der Waals surface area contributed by atoms with E-state index in [0.29, 0.717) is 6.54 Å². The summed E-state index contributed by atoms with van der Waals surface area (Å²) in [5, 5.41) is 12.9. The highest BCUT2D eigenvalue weighted by molar-refractivity contribution is 5.79. The third-order valence-corrected chi connectivity index (χ3v) is 5.16. The quantitative estimate of drug-likeness (QED) is 0.708. The second-order valence-corrected chi connectivity index (χ2v) is 7.84. The van der Waals surface area contributed by atoms with Crippen molar-refractivity contribution < 1.29 is 19.4 Å². The molecule has 7 nitrogen and oxygen atoms in total. The Morgan fingerprint density at radius 1 is 1.18 bits per heavy atom. The lowest BCUT2D eigenvalue weighted by Gasteiger charge is -2.56. The summed E-state index contributed by atoms with van der Waals surface area (Å²) in [7, 11) is 1.50. The van der Waals surface area contributed by atoms with Crippen LogP contribution in [0.5, 0.6) is 0 Å². The normalized spacial score (nSPS) is 21.6. The van der Waals surface area contributed by atoms with Gasteiger partial charge in [0.05, 0.1) is 18.7 Å². The van der Waals surface area contributed by atoms with Gasteiger partial charge in [-0.15, -0.1) is 0 Å². The van der Waals surface area contributed by atoms with E-state index in [1.807, 2.05) is 58.0 Å². The molecule has 0 saturated carbocycles. The first-order chi connectivity index (χ1) is 13.3. The summed E-state index contributed by atoms with van der Waals surface area (Å²) >= 11 is 0. The van der Waals surface area contributed by atoms with Gasteiger partial charge in [0.1, 0.15) is 6.61 Å². The van der Waals surface area contributed by atoms with Crippen molar-refractivity contribution in [3.05, 3.63) is 35.9 Å². The molecule has 0 bridgehead atoms. The van der Waals surface area contributed by atoms with Crippen molar-refractivity contribution >= 4 is 11.9 Å². The Kier molecular flexibility index (Phi) is 7.83. The van der Waals surface area contributed by atoms with E-state index in [9.17, 15) is 14.7 Å². The number of methoxy groups -OCH3 is 1. The molecule has 2 N–H and O–H groups in total. The number of hydrogen-bond donors (Lipinski definition) is 2. The van der Waals surface area contributed by atoms with Crippen LogP contribution < -0.4 is 5.32 Å². The molecule has 1 saturated heterocycles. The summed E-state index contributed by atoms with van der Waals surface area (Å²) in [5.74, 6) is -0.151. The first kappa shape index (κ1) is 22.2. The second-order valence-electron chi connectivity index (χ2n) is 7.84. The van der Waals surface area contributed by atoms with Crippen molar-refractivity contribution in [3.8, 4) is 0 Å². The number of ether oxygens (including phenoxy) is 1. The molecule has 1 aliphatic rings. The van der Waals surface area contributed by atoms with Crippen LogP contribution in [0.3, 0.4) is 0 Å². The minimum Gasteiger partial charge on any atom is -0.394 e. The summed E-state index contributed by atoms with van der Waals surface area (Å²) in [6.07, 6.45) is 0. The van der Waals surface area contributed by atoms with Gasteiger partial charge in [-0.1, -0.05) is 30.3 Å². The van der Waals surface area contributed by atoms with Crippen LogP contribution in [0, 0.1) is 0 Å². The van der Waals surface area contributed by atoms with Crippen LogP contribution in [-0.2, 0) is 9.53 Å². The van der Waals surface area contributed by atoms with Crippen molar-refractivity contribution in [1.82, 2.24) is 15.1 Å². The van der Waals surface area contributed by atoms with E-state index >= 15 is 0 Å². The van der Waals surface area contributed by atoms with E-state index in [2.05, 4.69) is 5.32 Å². The zero-order valence-electron chi connectivity index (χ0n) is 17.5. The van der Waals surface area contributed by atoms with Crippen LogP contribution >= 0.6 is 0 Å². The van der Waals surface area contributed by atoms with Crippen molar-refractivity contribution in [2.75, 3.05) is 26.9 Å². The molecule has 3 amide bonds. The van der Waals surface area contributed by atoms with Crippen molar-refractivity contribution in [2.24, 2.45) is 0 Å². The third-order valence-electron chi connectivity index (χ3n) is 5.16. The van der Waals surface area contributed by atoms with E-state index < -0.39 is 0 Å². The lowest BCUT2D eigenvalue weighted by molar-refractivity contribution is -0.139. The molecule has 1 aromatic carbocycles. The number of urea groups is 1. The Hall–Kier alpha value is -2.12. The van der Waals surface area contributed by atoms with Crippen LogP contribution in [0.25, 0.3) is 0 Å². The number of nitrogens with one attached hydrogen (secondary N) is 1. The Balaban J connectivity index is 2.33. The Labute approximate surface area is 167 Å². The van der Waals surface area contributed by atoms with Crippen molar-refractivity contribution in [3.63, 3.8) is 0 Å². The fourth-order valence-corrected chi connectivity index (χ4v) is 3.90. The molecule has 1 aliphatic heterocycles. The number of likely N-dealkylation sites (tertiary alicyclic amines) is 1. The Morgan fingerprint density at radius 3 is 2.32 bits per heavy atom. The number of benzene rings is 1. The minimum absolute atomic E-state index is 0.00250. The van der Waals surface area contributed by atoms with E-state index in [-0.39, 0.29) is 55.2 Å². The molecule has 0 aromatic heterocycles. The van der Waals surface area contributed by atoms with Gasteiger partial charge in [0, 0.05) is 31.7 Å². The highest BCUT2D eigenvalue weighted by Crippen LogP contribution is 2.41. The van der Waals surface area contributed by atoms with Gasteiger partial charge in [-0.25, -0.2) is 4.79 Å². The average molecular weight is 392 g/mol. The fraction of sp³-hybridized carbons (Fsp3) is 0.619. The zero-order valence-corrected chi connectivity index (χ0v) is 17.5. The fourth-order valence-electron chi connectivity index (χ4n) is 3.90. The van der Waals surface area contributed by atoms with Gasteiger partial charge in [0.2, 0.25) is 5.91 Å². The van der Waals surface area contributed by atoms with E-state index in [1.165, 1.54) is 7.11 Å². The number of carbonyl (C=O) groups excluding carboxylic acids is 2. The van der Waals surface area contributed by atoms with Crippen LogP contribution in [-0.4, -0.2) is 77.9 Å². The summed E-state index contributed by atoms with van der Waals surface area (Å²) < 4.78 is 5.02. The van der Waals surface area contributed by atoms with Crippen molar-refractivity contribution in [1.29, 1.82) is 0 Å². The van der Waals surface area contributed by atoms with Crippen LogP contribution in [0.15, 0.2) is 30.3 Å². The highest BCUT2D eigenvalue weighted by atomic mass is 16.5. The summed E-state index contributed by atoms with van der Waals surface area (Å²) in [5.41, 5.74) is 1.06. The van der Waals surface area contributed by atoms with Gasteiger partial charge in [0.25, 0.3) is 0 Å². The molecule has 7 heteroatoms. The topological polar surface area (TPSA) is 82.1 Å². The first-order valence-corrected chi connectivity index (χ1v) is 9.84. The number of aliphatic hydroxyl groups is 1. The van der Waals surface area contributed by atoms with E-state index in [0.717, 1.165) is 5.56 Å². The van der Waals surface area contributed by atoms with Crippen LogP contribution in [0.4, 0.5) is 4.79 Å². The summed E-state index contributed by atoms with van der Waals surface area (Å²) in [6.45, 7) is 7.96. The average Bonchev–Trinajstić information content (AvgIpc) is 2.61. The number of carbonyl (C=O) groups is 2. The first-order valence-electron chi connectivity index (χ1n) is 9.84. The maximum absolute atomic E-state index is 12.8. The lowest BCUT2D eigenvalue weighted by atomic mass is 9.75. The lowest BCUT2D eigenvalue weighted by Crippen LogP contribution is -2.71. The van der Waals surface area contributed by atoms with Crippen LogP contribution in [0.2, 0.25) is 0 Å². The summed E-state index contributed by atoms with van der Waals surface area (Å²) in [6, 6.07) is 9.07. The predicted molar refractivity (Wildman–Crippen MR) is 108 cm³/mol. The SMILES string of the molecule is COCC(=O)N(C[C@@H]1[C@@H](c2ccccc2)[C@H](CO)N1C(=O)NC(C)C)C(C)C. The second kappa shape index (κ2) is 9.89. The van der Waals surface area contributed by atoms with E-state index in [4.69, 9.17) is 4.74 Å². The number of rotatable bonds is 8. The molecule has 2 rings (SSSR count). The van der Waals surface area contributed by atoms with Gasteiger partial charge in [-0.2, -0.15) is 0 Å². The van der Waals surface area contributed by atoms with Gasteiger partial charge in [0.15, 0.2) is 0 Å². The van der Waals surface area contributed by atoms with Gasteiger partial charge in [-0.05, 0) is 33.3 Å². The molecular formula is C21H33N3O4. The summed E-state index contributed by atoms with van der Waals surface area (Å²) in [4.78, 5) is 28.8. The minimum atomic E-state index is -0.322. The van der Waals surface area contributed by atoms with Crippen LogP contribution in [0.1, 0.15) is 39.2 Å². The number of aliphatic hydroxyl groups excluding tert-OH is 1. The maximum Gasteiger partial charge on any atom is 0.318 e. The molecule has 0 radical (unpaired) electrons. The Bertz CT molecular complexity index is 650. The molecule has 1 aromatic rings. The monoisotopic (exact) mass is 391 g/mol. The standard InChI is InChI=1S/C21H33N3O4/c1-14(2)22-21(27)24-17(11-23(15(3)4)19(26)13-28-5)20(18(24)12-25)16-9-7-6-8-10-16/h6-10,14-15,17-18,20,25H,11-13H2,1-5H3,(H,22,27)/t17-,18+,20-/m1/s1. The molecule has 1 heterocycles. The molecule has 156 valence electrons. The Morgan fingerprint density at radius 2 is 1.82 bits per heavy atom. The maximum atomic E-state index is 12.8. The molecule has 28 heavy (non-hydrogen) atoms. The molecule has 0 spiro atoms. The molecule has 0 aliphatic carbocycles. The molecule has 0 unspecified atom stereocenters. The van der Waals surface area contributed by atoms with Gasteiger partial charge < -0.3 is 25.0 Å². The molecule has 3 atom stereocenters. The number of hydrogen-bond acceptors (Lipinski definition) is 4. The van der Waals surface area contributed by atoms with Crippen molar-refractivity contribution in [2.45, 2.75) is 57.8 Å². The number of nitrogens with zero attached hydrogens (tertiary/aromatic N) is 2. The van der Waals surface area contributed by atoms with Gasteiger partial charge >= 0.3 is 6.03 Å². The third kappa shape index (κ3) is 4.83. The number of amides is 3. The predicted octanol–water partition coefficient (Wildman–Crippen LogP) is 1.82. The largest absolute Gasteiger partial charge is 0.394 e. The van der Waals surface area contributed by atoms with Gasteiger partial charge in [-0.3, -0.25) is 4.79 Å². The smallest absolute Gasteiger partial charge is 0.318 e. The zero-order chi connectivity index (χ0) is 20.8. The molecular weight excluding hydrogens is 358 g/mol. The van der Waals surface area contributed by atoms with E-state index in [1.54, 1.807) is 9.80 Å². The molecule has 1 fully saturated rings.